The smallest absolute Gasteiger partial charge is 0.268 e. The molecule has 2 aromatic heterocycles. The van der Waals surface area contributed by atoms with E-state index in [4.69, 9.17) is 0 Å². The van der Waals surface area contributed by atoms with Crippen molar-refractivity contribution in [1.29, 1.82) is 0 Å². The molecule has 0 saturated carbocycles. The van der Waals surface area contributed by atoms with Crippen LogP contribution in [0.25, 0.3) is 10.9 Å². The third-order valence-corrected chi connectivity index (χ3v) is 4.19. The maximum atomic E-state index is 12.7. The number of fused-ring (bicyclic) bond motifs is 1. The Labute approximate surface area is 136 Å². The van der Waals surface area contributed by atoms with Crippen LogP contribution in [0.1, 0.15) is 41.1 Å². The number of carbonyl (C=O) groups is 1. The quantitative estimate of drug-likeness (QED) is 0.797. The number of rotatable bonds is 4. The number of hydrogen-bond acceptors (Lipinski definition) is 2. The van der Waals surface area contributed by atoms with Crippen molar-refractivity contribution >= 4 is 16.8 Å². The van der Waals surface area contributed by atoms with Crippen LogP contribution >= 0.6 is 0 Å². The van der Waals surface area contributed by atoms with Crippen molar-refractivity contribution < 1.29 is 4.79 Å². The van der Waals surface area contributed by atoms with Gasteiger partial charge in [-0.2, -0.15) is 0 Å². The second-order valence-electron chi connectivity index (χ2n) is 5.84. The number of nitrogens with zero attached hydrogens (tertiary/aromatic N) is 2. The normalized spacial score (nSPS) is 12.3. The zero-order chi connectivity index (χ0) is 16.4. The van der Waals surface area contributed by atoms with Crippen LogP contribution in [0, 0.1) is 6.92 Å². The Hall–Kier alpha value is -2.62. The molecular weight excluding hydrogens is 286 g/mol. The molecule has 0 unspecified atom stereocenters. The van der Waals surface area contributed by atoms with Crippen molar-refractivity contribution in [2.24, 2.45) is 7.05 Å². The summed E-state index contributed by atoms with van der Waals surface area (Å²) in [6.45, 7) is 4.08. The summed E-state index contributed by atoms with van der Waals surface area (Å²) in [7, 11) is 1.92. The topological polar surface area (TPSA) is 46.9 Å². The summed E-state index contributed by atoms with van der Waals surface area (Å²) in [5.74, 6) is -0.0705. The van der Waals surface area contributed by atoms with Gasteiger partial charge >= 0.3 is 0 Å². The van der Waals surface area contributed by atoms with Crippen LogP contribution in [-0.4, -0.2) is 15.5 Å². The standard InChI is InChI=1S/C19H21N3O/c1-4-15(16-11-13(2)9-10-20-16)21-19(23)18-12-14-7-5-6-8-17(14)22(18)3/h5-12,15H,4H2,1-3H3,(H,21,23)/t15-/m1/s1. The van der Waals surface area contributed by atoms with Crippen LogP contribution in [0.15, 0.2) is 48.7 Å². The van der Waals surface area contributed by atoms with E-state index in [1.807, 2.05) is 61.0 Å². The third-order valence-electron chi connectivity index (χ3n) is 4.19. The van der Waals surface area contributed by atoms with Gasteiger partial charge in [0.05, 0.1) is 11.7 Å². The average molecular weight is 307 g/mol. The molecule has 0 radical (unpaired) electrons. The van der Waals surface area contributed by atoms with Gasteiger partial charge in [0.1, 0.15) is 5.69 Å². The first kappa shape index (κ1) is 15.3. The molecule has 0 saturated heterocycles. The fraction of sp³-hybridized carbons (Fsp3) is 0.263. The molecule has 0 aliphatic heterocycles. The number of aromatic nitrogens is 2. The molecule has 0 bridgehead atoms. The lowest BCUT2D eigenvalue weighted by atomic mass is 10.1. The first-order chi connectivity index (χ1) is 11.1. The van der Waals surface area contributed by atoms with Crippen LogP contribution in [0.5, 0.6) is 0 Å². The molecule has 1 N–H and O–H groups in total. The Morgan fingerprint density at radius 2 is 2.04 bits per heavy atom. The lowest BCUT2D eigenvalue weighted by molar-refractivity contribution is 0.0927. The predicted molar refractivity (Wildman–Crippen MR) is 92.4 cm³/mol. The van der Waals surface area contributed by atoms with E-state index in [2.05, 4.69) is 17.2 Å². The number of amides is 1. The predicted octanol–water partition coefficient (Wildman–Crippen LogP) is 3.76. The summed E-state index contributed by atoms with van der Waals surface area (Å²) in [5.41, 5.74) is 3.77. The number of carbonyl (C=O) groups excluding carboxylic acids is 1. The maximum absolute atomic E-state index is 12.7. The Balaban J connectivity index is 1.88. The van der Waals surface area contributed by atoms with Gasteiger partial charge in [0.25, 0.3) is 5.91 Å². The summed E-state index contributed by atoms with van der Waals surface area (Å²) in [6, 6.07) is 13.8. The van der Waals surface area contributed by atoms with Crippen LogP contribution in [-0.2, 0) is 7.05 Å². The highest BCUT2D eigenvalue weighted by atomic mass is 16.2. The number of hydrogen-bond donors (Lipinski definition) is 1. The Morgan fingerprint density at radius 3 is 2.74 bits per heavy atom. The van der Waals surface area contributed by atoms with E-state index in [9.17, 15) is 4.79 Å². The van der Waals surface area contributed by atoms with Crippen molar-refractivity contribution in [2.75, 3.05) is 0 Å². The van der Waals surface area contributed by atoms with E-state index in [1.54, 1.807) is 6.20 Å². The van der Waals surface area contributed by atoms with Crippen molar-refractivity contribution in [1.82, 2.24) is 14.9 Å². The van der Waals surface area contributed by atoms with Crippen molar-refractivity contribution in [3.05, 3.63) is 65.6 Å². The molecule has 4 heteroatoms. The van der Waals surface area contributed by atoms with E-state index in [0.717, 1.165) is 28.6 Å². The summed E-state index contributed by atoms with van der Waals surface area (Å²) < 4.78 is 1.93. The average Bonchev–Trinajstić information content (AvgIpc) is 2.90. The van der Waals surface area contributed by atoms with Gasteiger partial charge in [-0.3, -0.25) is 9.78 Å². The second-order valence-corrected chi connectivity index (χ2v) is 5.84. The number of pyridine rings is 1. The molecule has 3 rings (SSSR count). The molecule has 4 nitrogen and oxygen atoms in total. The van der Waals surface area contributed by atoms with Gasteiger partial charge in [0.2, 0.25) is 0 Å². The highest BCUT2D eigenvalue weighted by molar-refractivity contribution is 5.98. The van der Waals surface area contributed by atoms with Gasteiger partial charge in [0, 0.05) is 24.1 Å². The van der Waals surface area contributed by atoms with E-state index < -0.39 is 0 Å². The summed E-state index contributed by atoms with van der Waals surface area (Å²) in [4.78, 5) is 17.1. The van der Waals surface area contributed by atoms with Crippen molar-refractivity contribution in [3.63, 3.8) is 0 Å². The van der Waals surface area contributed by atoms with Gasteiger partial charge in [0.15, 0.2) is 0 Å². The van der Waals surface area contributed by atoms with Crippen molar-refractivity contribution in [3.8, 4) is 0 Å². The molecule has 1 atom stereocenters. The fourth-order valence-corrected chi connectivity index (χ4v) is 2.87. The van der Waals surface area contributed by atoms with E-state index in [1.165, 1.54) is 0 Å². The van der Waals surface area contributed by atoms with Crippen LogP contribution in [0.4, 0.5) is 0 Å². The highest BCUT2D eigenvalue weighted by Gasteiger charge is 2.18. The summed E-state index contributed by atoms with van der Waals surface area (Å²) in [6.07, 6.45) is 2.59. The monoisotopic (exact) mass is 307 g/mol. The van der Waals surface area contributed by atoms with Gasteiger partial charge in [-0.1, -0.05) is 25.1 Å². The molecule has 0 fully saturated rings. The minimum Gasteiger partial charge on any atom is -0.342 e. The van der Waals surface area contributed by atoms with Gasteiger partial charge in [-0.15, -0.1) is 0 Å². The Bertz CT molecular complexity index is 851. The molecule has 0 aliphatic carbocycles. The molecule has 2 heterocycles. The largest absolute Gasteiger partial charge is 0.342 e. The molecule has 1 amide bonds. The Kier molecular flexibility index (Phi) is 4.15. The van der Waals surface area contributed by atoms with Crippen LogP contribution < -0.4 is 5.32 Å². The minimum absolute atomic E-state index is 0.0705. The Morgan fingerprint density at radius 1 is 1.26 bits per heavy atom. The molecule has 1 aromatic carbocycles. The molecule has 3 aromatic rings. The zero-order valence-electron chi connectivity index (χ0n) is 13.7. The molecular formula is C19H21N3O. The summed E-state index contributed by atoms with van der Waals surface area (Å²) >= 11 is 0. The molecule has 0 spiro atoms. The maximum Gasteiger partial charge on any atom is 0.268 e. The number of aryl methyl sites for hydroxylation is 2. The molecule has 118 valence electrons. The first-order valence-corrected chi connectivity index (χ1v) is 7.88. The van der Waals surface area contributed by atoms with Crippen LogP contribution in [0.3, 0.4) is 0 Å². The van der Waals surface area contributed by atoms with Gasteiger partial charge in [-0.05, 0) is 43.2 Å². The number of benzene rings is 1. The zero-order valence-corrected chi connectivity index (χ0v) is 13.7. The third kappa shape index (κ3) is 2.97. The minimum atomic E-state index is -0.0830. The van der Waals surface area contributed by atoms with Crippen molar-refractivity contribution in [2.45, 2.75) is 26.3 Å². The molecule has 23 heavy (non-hydrogen) atoms. The fourth-order valence-electron chi connectivity index (χ4n) is 2.87. The molecule has 0 aliphatic rings. The lowest BCUT2D eigenvalue weighted by Crippen LogP contribution is -2.30. The number of para-hydroxylation sites is 1. The van der Waals surface area contributed by atoms with Gasteiger partial charge in [-0.25, -0.2) is 0 Å². The second kappa shape index (κ2) is 6.24. The SMILES string of the molecule is CC[C@@H](NC(=O)c1cc2ccccc2n1C)c1cc(C)ccn1. The first-order valence-electron chi connectivity index (χ1n) is 7.88. The summed E-state index contributed by atoms with van der Waals surface area (Å²) in [5, 5.41) is 4.18. The van der Waals surface area contributed by atoms with E-state index >= 15 is 0 Å². The van der Waals surface area contributed by atoms with Gasteiger partial charge < -0.3 is 9.88 Å². The highest BCUT2D eigenvalue weighted by Crippen LogP contribution is 2.20. The number of nitrogens with one attached hydrogen (secondary N) is 1. The van der Waals surface area contributed by atoms with E-state index in [0.29, 0.717) is 5.69 Å². The van der Waals surface area contributed by atoms with E-state index in [-0.39, 0.29) is 11.9 Å². The lowest BCUT2D eigenvalue weighted by Gasteiger charge is -2.17. The van der Waals surface area contributed by atoms with Crippen LogP contribution in [0.2, 0.25) is 0 Å².